The Labute approximate surface area is 197 Å². The third-order valence-corrected chi connectivity index (χ3v) is 6.53. The molecule has 0 spiro atoms. The predicted octanol–water partition coefficient (Wildman–Crippen LogP) is 4.10. The largest absolute Gasteiger partial charge is 0.389 e. The fourth-order valence-electron chi connectivity index (χ4n) is 4.16. The van der Waals surface area contributed by atoms with Crippen LogP contribution >= 0.6 is 23.2 Å². The Morgan fingerprint density at radius 1 is 1.12 bits per heavy atom. The molecule has 32 heavy (non-hydrogen) atoms. The predicted molar refractivity (Wildman–Crippen MR) is 128 cm³/mol. The minimum Gasteiger partial charge on any atom is -0.389 e. The van der Waals surface area contributed by atoms with E-state index in [0.29, 0.717) is 34.4 Å². The summed E-state index contributed by atoms with van der Waals surface area (Å²) in [6.45, 7) is 7.77. The fourth-order valence-corrected chi connectivity index (χ4v) is 4.73. The molecule has 2 aromatic heterocycles. The summed E-state index contributed by atoms with van der Waals surface area (Å²) in [5.74, 6) is 0.470. The normalized spacial score (nSPS) is 17.8. The molecule has 1 saturated heterocycles. The van der Waals surface area contributed by atoms with Gasteiger partial charge in [0.15, 0.2) is 5.15 Å². The quantitative estimate of drug-likeness (QED) is 0.554. The second kappa shape index (κ2) is 8.33. The van der Waals surface area contributed by atoms with E-state index in [1.54, 1.807) is 12.4 Å². The van der Waals surface area contributed by atoms with Crippen LogP contribution in [0.1, 0.15) is 32.7 Å². The van der Waals surface area contributed by atoms with Crippen molar-refractivity contribution in [2.45, 2.75) is 38.3 Å². The Morgan fingerprint density at radius 3 is 2.56 bits per heavy atom. The lowest BCUT2D eigenvalue weighted by Gasteiger charge is -2.38. The number of nitrogens with zero attached hydrogens (tertiary/aromatic N) is 6. The Hall–Kier alpha value is -2.13. The number of β-amino-alcohol motifs (C(OH)–C–C–N with tert-alkyl or cyclic N) is 1. The number of benzene rings is 1. The first kappa shape index (κ1) is 21.7. The van der Waals surface area contributed by atoms with E-state index in [-0.39, 0.29) is 0 Å². The Kier molecular flexibility index (Phi) is 5.65. The molecule has 5 rings (SSSR count). The van der Waals surface area contributed by atoms with Crippen molar-refractivity contribution in [1.82, 2.24) is 24.6 Å². The number of hydrogen-bond donors (Lipinski definition) is 2. The lowest BCUT2D eigenvalue weighted by atomic mass is 10.1. The van der Waals surface area contributed by atoms with Crippen molar-refractivity contribution in [3.63, 3.8) is 0 Å². The van der Waals surface area contributed by atoms with Crippen LogP contribution in [0.4, 0.5) is 17.3 Å². The highest BCUT2D eigenvalue weighted by Gasteiger charge is 2.28. The molecule has 3 heterocycles. The SMILES string of the molecule is CC(C)(O)CN1CCN(c2cc3nc(Nc4cnn(C5CC5)c4Cl)ncc3cc2Cl)CC1. The summed E-state index contributed by atoms with van der Waals surface area (Å²) < 4.78 is 1.85. The zero-order chi connectivity index (χ0) is 22.5. The lowest BCUT2D eigenvalue weighted by Crippen LogP contribution is -2.50. The van der Waals surface area contributed by atoms with Crippen LogP contribution in [0.5, 0.6) is 0 Å². The third kappa shape index (κ3) is 4.64. The van der Waals surface area contributed by atoms with Crippen molar-refractivity contribution >= 4 is 51.4 Å². The van der Waals surface area contributed by atoms with E-state index >= 15 is 0 Å². The van der Waals surface area contributed by atoms with Crippen molar-refractivity contribution in [1.29, 1.82) is 0 Å². The number of hydrogen-bond acceptors (Lipinski definition) is 7. The number of aliphatic hydroxyl groups is 1. The average Bonchev–Trinajstić information content (AvgIpc) is 3.51. The maximum absolute atomic E-state index is 10.1. The second-order valence-electron chi connectivity index (χ2n) is 9.28. The zero-order valence-electron chi connectivity index (χ0n) is 18.2. The van der Waals surface area contributed by atoms with E-state index in [1.807, 2.05) is 30.7 Å². The monoisotopic (exact) mass is 475 g/mol. The smallest absolute Gasteiger partial charge is 0.227 e. The molecule has 2 fully saturated rings. The molecule has 1 aliphatic carbocycles. The number of halogens is 2. The summed E-state index contributed by atoms with van der Waals surface area (Å²) in [6, 6.07) is 4.34. The number of rotatable bonds is 6. The van der Waals surface area contributed by atoms with Gasteiger partial charge >= 0.3 is 0 Å². The summed E-state index contributed by atoms with van der Waals surface area (Å²) in [5.41, 5.74) is 1.79. The summed E-state index contributed by atoms with van der Waals surface area (Å²) in [5, 5.41) is 19.8. The second-order valence-corrected chi connectivity index (χ2v) is 10.0. The molecule has 2 aliphatic rings. The van der Waals surface area contributed by atoms with E-state index in [9.17, 15) is 5.11 Å². The number of fused-ring (bicyclic) bond motifs is 1. The van der Waals surface area contributed by atoms with Crippen LogP contribution in [0.15, 0.2) is 24.5 Å². The van der Waals surface area contributed by atoms with Gasteiger partial charge in [0.1, 0.15) is 0 Å². The van der Waals surface area contributed by atoms with Crippen molar-refractivity contribution in [2.24, 2.45) is 0 Å². The van der Waals surface area contributed by atoms with Crippen LogP contribution in [0.3, 0.4) is 0 Å². The highest BCUT2D eigenvalue weighted by Crippen LogP contribution is 2.39. The number of nitrogens with one attached hydrogen (secondary N) is 1. The molecule has 1 saturated carbocycles. The highest BCUT2D eigenvalue weighted by atomic mass is 35.5. The van der Waals surface area contributed by atoms with Crippen molar-refractivity contribution in [3.05, 3.63) is 34.7 Å². The molecule has 0 atom stereocenters. The van der Waals surface area contributed by atoms with Crippen LogP contribution < -0.4 is 10.2 Å². The number of piperazine rings is 1. The van der Waals surface area contributed by atoms with Crippen molar-refractivity contribution in [2.75, 3.05) is 42.9 Å². The van der Waals surface area contributed by atoms with Crippen LogP contribution in [0, 0.1) is 0 Å². The highest BCUT2D eigenvalue weighted by molar-refractivity contribution is 6.34. The zero-order valence-corrected chi connectivity index (χ0v) is 19.7. The lowest BCUT2D eigenvalue weighted by molar-refractivity contribution is 0.0345. The van der Waals surface area contributed by atoms with Gasteiger partial charge in [-0.1, -0.05) is 23.2 Å². The molecule has 0 amide bonds. The summed E-state index contributed by atoms with van der Waals surface area (Å²) in [4.78, 5) is 13.7. The Morgan fingerprint density at radius 2 is 1.88 bits per heavy atom. The average molecular weight is 476 g/mol. The first-order valence-corrected chi connectivity index (χ1v) is 11.7. The van der Waals surface area contributed by atoms with Gasteiger partial charge in [0, 0.05) is 44.3 Å². The molecule has 170 valence electrons. The van der Waals surface area contributed by atoms with Gasteiger partial charge in [-0.25, -0.2) is 14.6 Å². The van der Waals surface area contributed by atoms with Gasteiger partial charge in [-0.2, -0.15) is 5.10 Å². The van der Waals surface area contributed by atoms with E-state index in [1.165, 1.54) is 0 Å². The fraction of sp³-hybridized carbons (Fsp3) is 0.500. The third-order valence-electron chi connectivity index (χ3n) is 5.85. The molecule has 10 heteroatoms. The van der Waals surface area contributed by atoms with Crippen molar-refractivity contribution < 1.29 is 5.11 Å². The van der Waals surface area contributed by atoms with Gasteiger partial charge in [0.05, 0.1) is 39.8 Å². The molecule has 2 N–H and O–H groups in total. The number of aromatic nitrogens is 4. The maximum Gasteiger partial charge on any atom is 0.227 e. The molecule has 1 aliphatic heterocycles. The summed E-state index contributed by atoms with van der Waals surface area (Å²) in [6.07, 6.45) is 5.71. The number of anilines is 3. The Bertz CT molecular complexity index is 1130. The van der Waals surface area contributed by atoms with E-state index in [0.717, 1.165) is 55.6 Å². The van der Waals surface area contributed by atoms with Gasteiger partial charge in [0.2, 0.25) is 5.95 Å². The summed E-state index contributed by atoms with van der Waals surface area (Å²) >= 11 is 13.1. The van der Waals surface area contributed by atoms with Crippen molar-refractivity contribution in [3.8, 4) is 0 Å². The van der Waals surface area contributed by atoms with Gasteiger partial charge in [0.25, 0.3) is 0 Å². The van der Waals surface area contributed by atoms with E-state index in [2.05, 4.69) is 25.2 Å². The molecule has 0 unspecified atom stereocenters. The first-order chi connectivity index (χ1) is 15.3. The van der Waals surface area contributed by atoms with E-state index < -0.39 is 5.60 Å². The maximum atomic E-state index is 10.1. The van der Waals surface area contributed by atoms with Gasteiger partial charge in [-0.3, -0.25) is 4.90 Å². The van der Waals surface area contributed by atoms with Crippen LogP contribution in [-0.2, 0) is 0 Å². The van der Waals surface area contributed by atoms with Gasteiger partial charge < -0.3 is 15.3 Å². The summed E-state index contributed by atoms with van der Waals surface area (Å²) in [7, 11) is 0. The van der Waals surface area contributed by atoms with Crippen LogP contribution in [-0.4, -0.2) is 68.1 Å². The molecule has 0 radical (unpaired) electrons. The first-order valence-electron chi connectivity index (χ1n) is 10.9. The molecular weight excluding hydrogens is 449 g/mol. The van der Waals surface area contributed by atoms with E-state index in [4.69, 9.17) is 28.2 Å². The topological polar surface area (TPSA) is 82.3 Å². The van der Waals surface area contributed by atoms with Gasteiger partial charge in [-0.05, 0) is 38.8 Å². The van der Waals surface area contributed by atoms with Crippen LogP contribution in [0.25, 0.3) is 10.9 Å². The molecule has 0 bridgehead atoms. The molecule has 8 nitrogen and oxygen atoms in total. The Balaban J connectivity index is 1.34. The molecule has 1 aromatic carbocycles. The molecule has 3 aromatic rings. The standard InChI is InChI=1S/C22H27Cl2N7O/c1-22(2,32)13-29-5-7-30(8-6-29)19-10-17-14(9-16(19)23)11-25-21(27-17)28-18-12-26-31(20(18)24)15-3-4-15/h9-12,15,32H,3-8,13H2,1-2H3,(H,25,27,28). The molecular formula is C22H27Cl2N7O. The van der Waals surface area contributed by atoms with Crippen LogP contribution in [0.2, 0.25) is 10.2 Å². The minimum absolute atomic E-state index is 0.407. The minimum atomic E-state index is -0.693. The van der Waals surface area contributed by atoms with Gasteiger partial charge in [-0.15, -0.1) is 0 Å².